The van der Waals surface area contributed by atoms with Crippen LogP contribution >= 0.6 is 0 Å². The number of aliphatic hydroxyl groups excluding tert-OH is 1. The fourth-order valence-electron chi connectivity index (χ4n) is 8.78. The summed E-state index contributed by atoms with van der Waals surface area (Å²) in [5, 5.41) is 10.1. The summed E-state index contributed by atoms with van der Waals surface area (Å²) < 4.78 is 0. The van der Waals surface area contributed by atoms with Gasteiger partial charge in [0.15, 0.2) is 0 Å². The minimum Gasteiger partial charge on any atom is -0.513 e. The Bertz CT molecular complexity index is 661. The van der Waals surface area contributed by atoms with Gasteiger partial charge in [0.1, 0.15) is 0 Å². The summed E-state index contributed by atoms with van der Waals surface area (Å²) in [6.07, 6.45) is 15.6. The summed E-state index contributed by atoms with van der Waals surface area (Å²) in [5.41, 5.74) is 2.37. The van der Waals surface area contributed by atoms with E-state index in [4.69, 9.17) is 0 Å². The number of allylic oxidation sites excluding steroid dienone is 3. The molecule has 164 valence electrons. The molecule has 0 radical (unpaired) electrons. The first-order chi connectivity index (χ1) is 13.7. The van der Waals surface area contributed by atoms with Crippen molar-refractivity contribution in [2.75, 3.05) is 0 Å². The van der Waals surface area contributed by atoms with Crippen molar-refractivity contribution in [2.24, 2.45) is 52.3 Å². The highest BCUT2D eigenvalue weighted by atomic mass is 16.3. The van der Waals surface area contributed by atoms with Gasteiger partial charge in [0.25, 0.3) is 0 Å². The Morgan fingerprint density at radius 2 is 1.76 bits per heavy atom. The molecule has 8 unspecified atom stereocenters. The number of fused-ring (bicyclic) bond motifs is 5. The smallest absolute Gasteiger partial charge is 0.0886 e. The first-order valence-electron chi connectivity index (χ1n) is 12.7. The van der Waals surface area contributed by atoms with Crippen LogP contribution in [0.4, 0.5) is 0 Å². The molecule has 4 aliphatic carbocycles. The van der Waals surface area contributed by atoms with E-state index in [0.717, 1.165) is 36.0 Å². The minimum atomic E-state index is 0.442. The van der Waals surface area contributed by atoms with Crippen LogP contribution in [0.15, 0.2) is 24.0 Å². The van der Waals surface area contributed by atoms with Crippen molar-refractivity contribution in [3.63, 3.8) is 0 Å². The monoisotopic (exact) mass is 398 g/mol. The Morgan fingerprint density at radius 3 is 2.48 bits per heavy atom. The van der Waals surface area contributed by atoms with Crippen molar-refractivity contribution in [1.82, 2.24) is 0 Å². The van der Waals surface area contributed by atoms with Gasteiger partial charge >= 0.3 is 0 Å². The number of rotatable bonds is 5. The van der Waals surface area contributed by atoms with Gasteiger partial charge in [-0.15, -0.1) is 0 Å². The van der Waals surface area contributed by atoms with E-state index in [2.05, 4.69) is 47.3 Å². The molecule has 3 fully saturated rings. The predicted molar refractivity (Wildman–Crippen MR) is 124 cm³/mol. The molecule has 0 aromatic heterocycles. The molecular weight excluding hydrogens is 352 g/mol. The molecule has 0 aromatic rings. The molecule has 0 aromatic carbocycles. The fourth-order valence-corrected chi connectivity index (χ4v) is 8.78. The lowest BCUT2D eigenvalue weighted by atomic mass is 9.45. The molecule has 9 atom stereocenters. The molecule has 3 saturated carbocycles. The van der Waals surface area contributed by atoms with Gasteiger partial charge in [-0.25, -0.2) is 0 Å². The van der Waals surface area contributed by atoms with Gasteiger partial charge < -0.3 is 5.11 Å². The van der Waals surface area contributed by atoms with Crippen molar-refractivity contribution in [2.45, 2.75) is 98.8 Å². The Hall–Kier alpha value is -0.720. The summed E-state index contributed by atoms with van der Waals surface area (Å²) in [7, 11) is 0. The van der Waals surface area contributed by atoms with E-state index in [1.807, 2.05) is 0 Å². The average molecular weight is 399 g/mol. The summed E-state index contributed by atoms with van der Waals surface area (Å²) in [6.45, 7) is 16.6. The van der Waals surface area contributed by atoms with Gasteiger partial charge in [-0.2, -0.15) is 0 Å². The number of hydrogen-bond acceptors (Lipinski definition) is 1. The average Bonchev–Trinajstić information content (AvgIpc) is 3.03. The third-order valence-corrected chi connectivity index (χ3v) is 10.9. The highest BCUT2D eigenvalue weighted by Gasteiger charge is 2.60. The molecule has 1 heteroatoms. The Labute approximate surface area is 180 Å². The molecule has 0 spiro atoms. The van der Waals surface area contributed by atoms with Crippen molar-refractivity contribution in [3.05, 3.63) is 24.0 Å². The summed E-state index contributed by atoms with van der Waals surface area (Å²) in [6, 6.07) is 0. The number of aliphatic hydroxyl groups is 1. The van der Waals surface area contributed by atoms with Crippen LogP contribution < -0.4 is 0 Å². The second-order valence-electron chi connectivity index (χ2n) is 12.3. The van der Waals surface area contributed by atoms with Gasteiger partial charge in [0.05, 0.1) is 5.76 Å². The van der Waals surface area contributed by atoms with Gasteiger partial charge in [-0.3, -0.25) is 0 Å². The predicted octanol–water partition coefficient (Wildman–Crippen LogP) is 8.33. The maximum absolute atomic E-state index is 10.1. The molecule has 0 amide bonds. The third kappa shape index (κ3) is 3.53. The molecule has 0 bridgehead atoms. The fraction of sp³-hybridized carbons (Fsp3) is 0.857. The topological polar surface area (TPSA) is 20.2 Å². The summed E-state index contributed by atoms with van der Waals surface area (Å²) in [4.78, 5) is 0. The van der Waals surface area contributed by atoms with Crippen LogP contribution in [0, 0.1) is 52.3 Å². The highest BCUT2D eigenvalue weighted by Crippen LogP contribution is 2.68. The quantitative estimate of drug-likeness (QED) is 0.461. The van der Waals surface area contributed by atoms with E-state index in [0.29, 0.717) is 28.4 Å². The molecule has 0 heterocycles. The summed E-state index contributed by atoms with van der Waals surface area (Å²) in [5.74, 6) is 6.52. The standard InChI is InChI=1S/C28H46O/c1-18(2)19(3)7-8-20(4)24-11-12-25-23-10-9-21-17-22(29)13-15-27(21,5)26(23)14-16-28(24,25)6/h17,19-21,23-26,29H,1,7-16H2,2-6H3/t19-,20?,21?,23?,24?,25?,26?,27?,28?/m0/s1. The van der Waals surface area contributed by atoms with Crippen molar-refractivity contribution < 1.29 is 5.11 Å². The van der Waals surface area contributed by atoms with E-state index in [-0.39, 0.29) is 0 Å². The van der Waals surface area contributed by atoms with E-state index >= 15 is 0 Å². The first-order valence-corrected chi connectivity index (χ1v) is 12.7. The summed E-state index contributed by atoms with van der Waals surface area (Å²) >= 11 is 0. The lowest BCUT2D eigenvalue weighted by Gasteiger charge is -2.60. The van der Waals surface area contributed by atoms with E-state index in [9.17, 15) is 5.11 Å². The Morgan fingerprint density at radius 1 is 1.03 bits per heavy atom. The molecule has 29 heavy (non-hydrogen) atoms. The third-order valence-electron chi connectivity index (χ3n) is 10.9. The normalized spacial score (nSPS) is 46.1. The van der Waals surface area contributed by atoms with Crippen LogP contribution in [0.2, 0.25) is 0 Å². The van der Waals surface area contributed by atoms with Gasteiger partial charge in [-0.05, 0) is 123 Å². The van der Waals surface area contributed by atoms with Gasteiger partial charge in [0, 0.05) is 6.42 Å². The van der Waals surface area contributed by atoms with E-state index in [1.54, 1.807) is 0 Å². The highest BCUT2D eigenvalue weighted by molar-refractivity contribution is 5.15. The zero-order valence-electron chi connectivity index (χ0n) is 19.8. The Kier molecular flexibility index (Phi) is 5.75. The second-order valence-corrected chi connectivity index (χ2v) is 12.3. The molecular formula is C28H46O. The van der Waals surface area contributed by atoms with Crippen LogP contribution in [0.5, 0.6) is 0 Å². The lowest BCUT2D eigenvalue weighted by Crippen LogP contribution is -2.52. The SMILES string of the molecule is C=C(C)[C@@H](C)CCC(C)C1CCC2C3CCC4C=C(O)CCC4(C)C3CCC12C. The van der Waals surface area contributed by atoms with E-state index < -0.39 is 0 Å². The van der Waals surface area contributed by atoms with Crippen LogP contribution in [-0.2, 0) is 0 Å². The van der Waals surface area contributed by atoms with Crippen molar-refractivity contribution in [1.29, 1.82) is 0 Å². The van der Waals surface area contributed by atoms with Crippen molar-refractivity contribution in [3.8, 4) is 0 Å². The second kappa shape index (κ2) is 7.76. The maximum atomic E-state index is 10.1. The minimum absolute atomic E-state index is 0.442. The van der Waals surface area contributed by atoms with Crippen molar-refractivity contribution >= 4 is 0 Å². The lowest BCUT2D eigenvalue weighted by molar-refractivity contribution is -0.0979. The van der Waals surface area contributed by atoms with Crippen LogP contribution in [0.1, 0.15) is 98.8 Å². The van der Waals surface area contributed by atoms with Gasteiger partial charge in [-0.1, -0.05) is 39.8 Å². The first kappa shape index (κ1) is 21.5. The molecule has 0 saturated heterocycles. The largest absolute Gasteiger partial charge is 0.513 e. The zero-order chi connectivity index (χ0) is 21.0. The molecule has 1 nitrogen and oxygen atoms in total. The van der Waals surface area contributed by atoms with E-state index in [1.165, 1.54) is 63.4 Å². The molecule has 0 aliphatic heterocycles. The Balaban J connectivity index is 1.48. The molecule has 1 N–H and O–H groups in total. The zero-order valence-corrected chi connectivity index (χ0v) is 19.8. The maximum Gasteiger partial charge on any atom is 0.0886 e. The van der Waals surface area contributed by atoms with Crippen LogP contribution in [0.3, 0.4) is 0 Å². The van der Waals surface area contributed by atoms with Crippen LogP contribution in [-0.4, -0.2) is 5.11 Å². The molecule has 4 rings (SSSR count). The van der Waals surface area contributed by atoms with Gasteiger partial charge in [0.2, 0.25) is 0 Å². The molecule has 4 aliphatic rings. The number of hydrogen-bond donors (Lipinski definition) is 1. The van der Waals surface area contributed by atoms with Crippen LogP contribution in [0.25, 0.3) is 0 Å².